The maximum Gasteiger partial charge on any atom is 0.0810 e. The van der Waals surface area contributed by atoms with Crippen molar-refractivity contribution in [3.8, 4) is 0 Å². The van der Waals surface area contributed by atoms with Gasteiger partial charge in [-0.25, -0.2) is 0 Å². The average molecular weight is 159 g/mol. The van der Waals surface area contributed by atoms with Crippen molar-refractivity contribution in [2.24, 2.45) is 0 Å². The van der Waals surface area contributed by atoms with Gasteiger partial charge in [0.15, 0.2) is 0 Å². The van der Waals surface area contributed by atoms with Crippen LogP contribution >= 0.6 is 0 Å². The highest BCUT2D eigenvalue weighted by atomic mass is 16.6. The Bertz CT molecular complexity index is 113. The van der Waals surface area contributed by atoms with Gasteiger partial charge in [-0.05, 0) is 26.9 Å². The van der Waals surface area contributed by atoms with Crippen molar-refractivity contribution in [3.05, 3.63) is 0 Å². The summed E-state index contributed by atoms with van der Waals surface area (Å²) in [5, 5.41) is 9.40. The molecule has 1 N–H and O–H groups in total. The SMILES string of the molecule is CN(C)CC(O)CCC1CO1. The first-order chi connectivity index (χ1) is 5.18. The van der Waals surface area contributed by atoms with Gasteiger partial charge in [-0.2, -0.15) is 0 Å². The van der Waals surface area contributed by atoms with Crippen LogP contribution in [0.25, 0.3) is 0 Å². The third-order valence-corrected chi connectivity index (χ3v) is 1.80. The van der Waals surface area contributed by atoms with E-state index >= 15 is 0 Å². The first-order valence-corrected chi connectivity index (χ1v) is 4.13. The summed E-state index contributed by atoms with van der Waals surface area (Å²) in [7, 11) is 3.94. The summed E-state index contributed by atoms with van der Waals surface area (Å²) in [6.45, 7) is 1.65. The number of aliphatic hydroxyl groups excluding tert-OH is 1. The van der Waals surface area contributed by atoms with Gasteiger partial charge in [0.05, 0.1) is 18.8 Å². The number of hydrogen-bond donors (Lipinski definition) is 1. The largest absolute Gasteiger partial charge is 0.392 e. The van der Waals surface area contributed by atoms with Crippen LogP contribution in [0.4, 0.5) is 0 Å². The summed E-state index contributed by atoms with van der Waals surface area (Å²) in [4.78, 5) is 2.00. The standard InChI is InChI=1S/C8H17NO2/c1-9(2)5-7(10)3-4-8-6-11-8/h7-8,10H,3-6H2,1-2H3. The minimum absolute atomic E-state index is 0.186. The first kappa shape index (κ1) is 8.97. The second kappa shape index (κ2) is 4.04. The summed E-state index contributed by atoms with van der Waals surface area (Å²) in [6.07, 6.45) is 2.14. The molecule has 1 aliphatic rings. The summed E-state index contributed by atoms with van der Waals surface area (Å²) >= 11 is 0. The van der Waals surface area contributed by atoms with Crippen molar-refractivity contribution < 1.29 is 9.84 Å². The number of aliphatic hydroxyl groups is 1. The molecule has 3 heteroatoms. The van der Waals surface area contributed by atoms with Gasteiger partial charge in [-0.3, -0.25) is 0 Å². The Hall–Kier alpha value is -0.120. The number of likely N-dealkylation sites (N-methyl/N-ethyl adjacent to an activating group) is 1. The lowest BCUT2D eigenvalue weighted by atomic mass is 10.1. The average Bonchev–Trinajstić information content (AvgIpc) is 2.63. The fraction of sp³-hybridized carbons (Fsp3) is 1.00. The molecule has 0 spiro atoms. The molecule has 0 radical (unpaired) electrons. The molecule has 1 fully saturated rings. The van der Waals surface area contributed by atoms with Crippen LogP contribution in [-0.2, 0) is 4.74 Å². The van der Waals surface area contributed by atoms with Gasteiger partial charge in [-0.1, -0.05) is 0 Å². The predicted molar refractivity (Wildman–Crippen MR) is 43.5 cm³/mol. The fourth-order valence-electron chi connectivity index (χ4n) is 1.13. The molecule has 66 valence electrons. The van der Waals surface area contributed by atoms with Gasteiger partial charge in [0.1, 0.15) is 0 Å². The summed E-state index contributed by atoms with van der Waals surface area (Å²) < 4.78 is 5.04. The van der Waals surface area contributed by atoms with Crippen LogP contribution in [0, 0.1) is 0 Å². The van der Waals surface area contributed by atoms with E-state index in [0.717, 1.165) is 26.0 Å². The van der Waals surface area contributed by atoms with Crippen molar-refractivity contribution in [1.29, 1.82) is 0 Å². The second-order valence-electron chi connectivity index (χ2n) is 3.45. The summed E-state index contributed by atoms with van der Waals surface area (Å²) in [5.74, 6) is 0. The van der Waals surface area contributed by atoms with Crippen LogP contribution in [0.1, 0.15) is 12.8 Å². The molecule has 1 aliphatic heterocycles. The molecule has 0 aromatic heterocycles. The Balaban J connectivity index is 1.95. The zero-order valence-electron chi connectivity index (χ0n) is 7.29. The second-order valence-corrected chi connectivity index (χ2v) is 3.45. The lowest BCUT2D eigenvalue weighted by Gasteiger charge is -2.14. The Kier molecular flexibility index (Phi) is 3.30. The van der Waals surface area contributed by atoms with E-state index in [-0.39, 0.29) is 6.10 Å². The highest BCUT2D eigenvalue weighted by Crippen LogP contribution is 2.16. The maximum absolute atomic E-state index is 9.40. The summed E-state index contributed by atoms with van der Waals surface area (Å²) in [5.41, 5.74) is 0. The van der Waals surface area contributed by atoms with Crippen molar-refractivity contribution in [2.75, 3.05) is 27.2 Å². The van der Waals surface area contributed by atoms with E-state index in [0.29, 0.717) is 6.10 Å². The molecular weight excluding hydrogens is 142 g/mol. The number of ether oxygens (including phenoxy) is 1. The number of rotatable bonds is 5. The monoisotopic (exact) mass is 159 g/mol. The van der Waals surface area contributed by atoms with Crippen LogP contribution < -0.4 is 0 Å². The van der Waals surface area contributed by atoms with E-state index in [9.17, 15) is 5.11 Å². The molecule has 3 nitrogen and oxygen atoms in total. The molecule has 0 aliphatic carbocycles. The van der Waals surface area contributed by atoms with Crippen molar-refractivity contribution >= 4 is 0 Å². The van der Waals surface area contributed by atoms with Crippen LogP contribution in [-0.4, -0.2) is 49.5 Å². The number of epoxide rings is 1. The third-order valence-electron chi connectivity index (χ3n) is 1.80. The minimum Gasteiger partial charge on any atom is -0.392 e. The van der Waals surface area contributed by atoms with Crippen molar-refractivity contribution in [3.63, 3.8) is 0 Å². The quantitative estimate of drug-likeness (QED) is 0.577. The van der Waals surface area contributed by atoms with E-state index in [1.807, 2.05) is 19.0 Å². The summed E-state index contributed by atoms with van der Waals surface area (Å²) in [6, 6.07) is 0. The van der Waals surface area contributed by atoms with Gasteiger partial charge >= 0.3 is 0 Å². The van der Waals surface area contributed by atoms with Crippen LogP contribution in [0.5, 0.6) is 0 Å². The molecule has 0 amide bonds. The zero-order chi connectivity index (χ0) is 8.27. The Morgan fingerprint density at radius 1 is 1.64 bits per heavy atom. The van der Waals surface area contributed by atoms with E-state index in [1.54, 1.807) is 0 Å². The molecule has 2 atom stereocenters. The van der Waals surface area contributed by atoms with Crippen LogP contribution in [0.3, 0.4) is 0 Å². The maximum atomic E-state index is 9.40. The Morgan fingerprint density at radius 2 is 2.27 bits per heavy atom. The topological polar surface area (TPSA) is 36.0 Å². The number of nitrogens with zero attached hydrogens (tertiary/aromatic N) is 1. The first-order valence-electron chi connectivity index (χ1n) is 4.13. The Labute approximate surface area is 68.0 Å². The van der Waals surface area contributed by atoms with Gasteiger partial charge in [0.25, 0.3) is 0 Å². The smallest absolute Gasteiger partial charge is 0.0810 e. The van der Waals surface area contributed by atoms with Crippen LogP contribution in [0.2, 0.25) is 0 Å². The highest BCUT2D eigenvalue weighted by molar-refractivity contribution is 4.71. The fourth-order valence-corrected chi connectivity index (χ4v) is 1.13. The van der Waals surface area contributed by atoms with E-state index in [2.05, 4.69) is 0 Å². The van der Waals surface area contributed by atoms with Gasteiger partial charge in [-0.15, -0.1) is 0 Å². The predicted octanol–water partition coefficient (Wildman–Crippen LogP) is 0.0879. The molecule has 0 aromatic rings. The van der Waals surface area contributed by atoms with Crippen molar-refractivity contribution in [2.45, 2.75) is 25.0 Å². The molecule has 11 heavy (non-hydrogen) atoms. The molecule has 0 saturated carbocycles. The Morgan fingerprint density at radius 3 is 2.73 bits per heavy atom. The molecule has 2 unspecified atom stereocenters. The lowest BCUT2D eigenvalue weighted by Crippen LogP contribution is -2.25. The van der Waals surface area contributed by atoms with E-state index in [4.69, 9.17) is 4.74 Å². The van der Waals surface area contributed by atoms with E-state index in [1.165, 1.54) is 0 Å². The zero-order valence-corrected chi connectivity index (χ0v) is 7.29. The third kappa shape index (κ3) is 4.35. The van der Waals surface area contributed by atoms with Gasteiger partial charge < -0.3 is 14.7 Å². The molecule has 0 bridgehead atoms. The van der Waals surface area contributed by atoms with Crippen molar-refractivity contribution in [1.82, 2.24) is 4.90 Å². The molecule has 1 rings (SSSR count). The van der Waals surface area contributed by atoms with E-state index < -0.39 is 0 Å². The van der Waals surface area contributed by atoms with Gasteiger partial charge in [0, 0.05) is 6.54 Å². The molecular formula is C8H17NO2. The lowest BCUT2D eigenvalue weighted by molar-refractivity contribution is 0.123. The minimum atomic E-state index is -0.186. The highest BCUT2D eigenvalue weighted by Gasteiger charge is 2.22. The number of hydrogen-bond acceptors (Lipinski definition) is 3. The van der Waals surface area contributed by atoms with Crippen LogP contribution in [0.15, 0.2) is 0 Å². The van der Waals surface area contributed by atoms with Gasteiger partial charge in [0.2, 0.25) is 0 Å². The molecule has 0 aromatic carbocycles. The molecule has 1 heterocycles. The molecule has 1 saturated heterocycles. The normalized spacial score (nSPS) is 25.6.